The van der Waals surface area contributed by atoms with Crippen LogP contribution >= 0.6 is 0 Å². The third-order valence-corrected chi connectivity index (χ3v) is 5.52. The maximum Gasteiger partial charge on any atom is 0.320 e. The van der Waals surface area contributed by atoms with Gasteiger partial charge in [-0.2, -0.15) is 0 Å². The molecular weight excluding hydrogens is 328 g/mol. The highest BCUT2D eigenvalue weighted by molar-refractivity contribution is 5.77. The number of nitrogens with zero attached hydrogens (tertiary/aromatic N) is 3. The summed E-state index contributed by atoms with van der Waals surface area (Å²) in [4.78, 5) is 30.8. The molecule has 2 fully saturated rings. The minimum Gasteiger partial charge on any atom is -0.336 e. The molecule has 1 aromatic rings. The maximum absolute atomic E-state index is 12.8. The van der Waals surface area contributed by atoms with Crippen LogP contribution in [0.15, 0.2) is 30.3 Å². The van der Waals surface area contributed by atoms with Crippen LogP contribution < -0.4 is 5.32 Å². The summed E-state index contributed by atoms with van der Waals surface area (Å²) >= 11 is 0. The molecule has 26 heavy (non-hydrogen) atoms. The number of carbonyl (C=O) groups is 2. The number of nitrogens with one attached hydrogen (secondary N) is 1. The summed E-state index contributed by atoms with van der Waals surface area (Å²) in [6.45, 7) is 7.77. The van der Waals surface area contributed by atoms with E-state index in [9.17, 15) is 9.59 Å². The molecule has 0 unspecified atom stereocenters. The average Bonchev–Trinajstić information content (AvgIpc) is 3.03. The van der Waals surface area contributed by atoms with Crippen LogP contribution in [0.1, 0.15) is 38.7 Å². The van der Waals surface area contributed by atoms with Crippen molar-refractivity contribution >= 4 is 12.1 Å². The van der Waals surface area contributed by atoms with E-state index in [4.69, 9.17) is 0 Å². The normalized spacial score (nSPS) is 19.8. The molecule has 2 aliphatic heterocycles. The predicted octanol–water partition coefficient (Wildman–Crippen LogP) is 2.90. The van der Waals surface area contributed by atoms with Gasteiger partial charge in [-0.1, -0.05) is 37.3 Å². The highest BCUT2D eigenvalue weighted by Gasteiger charge is 2.35. The number of rotatable bonds is 5. The molecule has 0 aliphatic carbocycles. The molecule has 0 aromatic heterocycles. The van der Waals surface area contributed by atoms with Crippen molar-refractivity contribution in [1.29, 1.82) is 0 Å². The Hall–Kier alpha value is -2.24. The number of benzene rings is 1. The molecule has 0 saturated carbocycles. The van der Waals surface area contributed by atoms with Gasteiger partial charge in [0.2, 0.25) is 0 Å². The lowest BCUT2D eigenvalue weighted by molar-refractivity contribution is 0.133. The van der Waals surface area contributed by atoms with Gasteiger partial charge >= 0.3 is 12.1 Å². The largest absolute Gasteiger partial charge is 0.336 e. The first-order chi connectivity index (χ1) is 12.6. The summed E-state index contributed by atoms with van der Waals surface area (Å²) in [5.41, 5.74) is 1.17. The van der Waals surface area contributed by atoms with E-state index in [2.05, 4.69) is 24.4 Å². The standard InChI is InChI=1S/C20H30N4O2/c1-3-16(2)21-19(25)22-11-9-18(10-12-22)24-14-13-23(20(24)26)15-17-7-5-4-6-8-17/h4-8,16,18H,3,9-15H2,1-2H3,(H,21,25)/t16-/m0/s1. The van der Waals surface area contributed by atoms with Crippen molar-refractivity contribution in [2.45, 2.75) is 51.7 Å². The van der Waals surface area contributed by atoms with E-state index in [-0.39, 0.29) is 24.1 Å². The van der Waals surface area contributed by atoms with Crippen molar-refractivity contribution < 1.29 is 9.59 Å². The highest BCUT2D eigenvalue weighted by atomic mass is 16.2. The van der Waals surface area contributed by atoms with Crippen molar-refractivity contribution in [2.24, 2.45) is 0 Å². The zero-order chi connectivity index (χ0) is 18.5. The van der Waals surface area contributed by atoms with Gasteiger partial charge in [0.05, 0.1) is 0 Å². The second-order valence-electron chi connectivity index (χ2n) is 7.36. The Morgan fingerprint density at radius 1 is 1.15 bits per heavy atom. The van der Waals surface area contributed by atoms with E-state index in [1.54, 1.807) is 0 Å². The van der Waals surface area contributed by atoms with Gasteiger partial charge in [-0.3, -0.25) is 0 Å². The molecular formula is C20H30N4O2. The van der Waals surface area contributed by atoms with E-state index >= 15 is 0 Å². The average molecular weight is 358 g/mol. The van der Waals surface area contributed by atoms with Crippen molar-refractivity contribution in [3.8, 4) is 0 Å². The highest BCUT2D eigenvalue weighted by Crippen LogP contribution is 2.22. The zero-order valence-electron chi connectivity index (χ0n) is 15.9. The van der Waals surface area contributed by atoms with Crippen molar-refractivity contribution in [1.82, 2.24) is 20.0 Å². The zero-order valence-corrected chi connectivity index (χ0v) is 15.9. The molecule has 1 aromatic carbocycles. The molecule has 0 spiro atoms. The number of carbonyl (C=O) groups excluding carboxylic acids is 2. The SMILES string of the molecule is CC[C@H](C)NC(=O)N1CCC(N2CCN(Cc3ccccc3)C2=O)CC1. The van der Waals surface area contributed by atoms with Gasteiger partial charge < -0.3 is 20.0 Å². The van der Waals surface area contributed by atoms with Crippen molar-refractivity contribution in [2.75, 3.05) is 26.2 Å². The van der Waals surface area contributed by atoms with Crippen molar-refractivity contribution in [3.05, 3.63) is 35.9 Å². The number of urea groups is 2. The fraction of sp³-hybridized carbons (Fsp3) is 0.600. The Bertz CT molecular complexity index is 613. The molecule has 142 valence electrons. The van der Waals surface area contributed by atoms with E-state index < -0.39 is 0 Å². The van der Waals surface area contributed by atoms with Crippen LogP contribution in [0.4, 0.5) is 9.59 Å². The first kappa shape index (κ1) is 18.5. The van der Waals surface area contributed by atoms with Crippen LogP contribution in [0.3, 0.4) is 0 Å². The molecule has 2 heterocycles. The third kappa shape index (κ3) is 4.29. The molecule has 3 rings (SSSR count). The van der Waals surface area contributed by atoms with Crippen LogP contribution in [0.25, 0.3) is 0 Å². The molecule has 0 radical (unpaired) electrons. The molecule has 6 nitrogen and oxygen atoms in total. The number of hydrogen-bond donors (Lipinski definition) is 1. The summed E-state index contributed by atoms with van der Waals surface area (Å²) in [6, 6.07) is 10.7. The minimum atomic E-state index is 0.0243. The number of likely N-dealkylation sites (tertiary alicyclic amines) is 1. The molecule has 0 bridgehead atoms. The quantitative estimate of drug-likeness (QED) is 0.880. The van der Waals surface area contributed by atoms with Gasteiger partial charge in [0.25, 0.3) is 0 Å². The van der Waals surface area contributed by atoms with Gasteiger partial charge in [0, 0.05) is 44.8 Å². The van der Waals surface area contributed by atoms with Crippen LogP contribution in [0.2, 0.25) is 0 Å². The van der Waals surface area contributed by atoms with Crippen molar-refractivity contribution in [3.63, 3.8) is 0 Å². The summed E-state index contributed by atoms with van der Waals surface area (Å²) < 4.78 is 0. The first-order valence-electron chi connectivity index (χ1n) is 9.73. The second kappa shape index (κ2) is 8.43. The molecule has 1 N–H and O–H groups in total. The molecule has 2 aliphatic rings. The molecule has 6 heteroatoms. The summed E-state index contributed by atoms with van der Waals surface area (Å²) in [5, 5.41) is 3.02. The first-order valence-corrected chi connectivity index (χ1v) is 9.73. The Morgan fingerprint density at radius 3 is 2.50 bits per heavy atom. The third-order valence-electron chi connectivity index (χ3n) is 5.52. The van der Waals surface area contributed by atoms with Crippen LogP contribution in [0, 0.1) is 0 Å². The fourth-order valence-corrected chi connectivity index (χ4v) is 3.68. The van der Waals surface area contributed by atoms with Crippen LogP contribution in [-0.2, 0) is 6.54 Å². The van der Waals surface area contributed by atoms with Gasteiger partial charge in [-0.05, 0) is 31.7 Å². The lowest BCUT2D eigenvalue weighted by Crippen LogP contribution is -2.51. The monoisotopic (exact) mass is 358 g/mol. The Kier molecular flexibility index (Phi) is 6.01. The Labute approximate surface area is 156 Å². The van der Waals surface area contributed by atoms with Gasteiger partial charge in [0.15, 0.2) is 0 Å². The Morgan fingerprint density at radius 2 is 1.85 bits per heavy atom. The smallest absolute Gasteiger partial charge is 0.320 e. The topological polar surface area (TPSA) is 55.9 Å². The van der Waals surface area contributed by atoms with Crippen LogP contribution in [0.5, 0.6) is 0 Å². The summed E-state index contributed by atoms with van der Waals surface area (Å²) in [7, 11) is 0. The van der Waals surface area contributed by atoms with E-state index in [1.807, 2.05) is 39.8 Å². The number of amides is 4. The molecule has 1 atom stereocenters. The van der Waals surface area contributed by atoms with Crippen LogP contribution in [-0.4, -0.2) is 65.0 Å². The van der Waals surface area contributed by atoms with Gasteiger partial charge in [-0.25, -0.2) is 9.59 Å². The molecule has 4 amide bonds. The summed E-state index contributed by atoms with van der Waals surface area (Å²) in [5.74, 6) is 0. The predicted molar refractivity (Wildman–Crippen MR) is 102 cm³/mol. The van der Waals surface area contributed by atoms with E-state index in [0.29, 0.717) is 6.54 Å². The van der Waals surface area contributed by atoms with Gasteiger partial charge in [0.1, 0.15) is 0 Å². The summed E-state index contributed by atoms with van der Waals surface area (Å²) in [6.07, 6.45) is 2.65. The lowest BCUT2D eigenvalue weighted by atomic mass is 10.0. The minimum absolute atomic E-state index is 0.0243. The second-order valence-corrected chi connectivity index (χ2v) is 7.36. The number of hydrogen-bond acceptors (Lipinski definition) is 2. The maximum atomic E-state index is 12.8. The Balaban J connectivity index is 1.49. The number of piperidine rings is 1. The van der Waals surface area contributed by atoms with E-state index in [1.165, 1.54) is 5.56 Å². The van der Waals surface area contributed by atoms with E-state index in [0.717, 1.165) is 45.4 Å². The lowest BCUT2D eigenvalue weighted by Gasteiger charge is -2.36. The molecule has 2 saturated heterocycles. The fourth-order valence-electron chi connectivity index (χ4n) is 3.68. The van der Waals surface area contributed by atoms with Gasteiger partial charge in [-0.15, -0.1) is 0 Å².